The van der Waals surface area contributed by atoms with E-state index in [1.165, 1.54) is 54.4 Å². The van der Waals surface area contributed by atoms with E-state index in [1.54, 1.807) is 0 Å². The molecule has 6 nitrogen and oxygen atoms in total. The van der Waals surface area contributed by atoms with E-state index < -0.39 is 0 Å². The van der Waals surface area contributed by atoms with Gasteiger partial charge in [-0.05, 0) is 89.5 Å². The number of benzene rings is 11. The van der Waals surface area contributed by atoms with Gasteiger partial charge in [-0.3, -0.25) is 0 Å². The van der Waals surface area contributed by atoms with Gasteiger partial charge in [0.15, 0.2) is 17.5 Å². The van der Waals surface area contributed by atoms with E-state index in [2.05, 4.69) is 220 Å². The maximum atomic E-state index is 5.02. The Balaban J connectivity index is 0.901. The Morgan fingerprint density at radius 3 is 1.17 bits per heavy atom. The maximum absolute atomic E-state index is 5.02. The molecule has 0 atom stereocenters. The lowest BCUT2D eigenvalue weighted by molar-refractivity contribution is 1.07. The first-order valence-electron chi connectivity index (χ1n) is 25.4. The summed E-state index contributed by atoms with van der Waals surface area (Å²) in [6.45, 7) is 0. The van der Waals surface area contributed by atoms with Crippen LogP contribution in [0.5, 0.6) is 0 Å². The zero-order valence-electron chi connectivity index (χ0n) is 40.6. The molecule has 0 amide bonds. The maximum Gasteiger partial charge on any atom is 0.164 e. The van der Waals surface area contributed by atoms with Crippen molar-refractivity contribution in [2.75, 3.05) is 0 Å². The third-order valence-electron chi connectivity index (χ3n) is 14.9. The van der Waals surface area contributed by atoms with E-state index in [-0.39, 0.29) is 0 Å². The van der Waals surface area contributed by atoms with Crippen LogP contribution in [0.2, 0.25) is 0 Å². The summed E-state index contributed by atoms with van der Waals surface area (Å²) in [5, 5.41) is 7.32. The van der Waals surface area contributed by atoms with Gasteiger partial charge < -0.3 is 13.7 Å². The molecular weight excluding hydrogens is 913 g/mol. The van der Waals surface area contributed by atoms with Crippen LogP contribution in [0.1, 0.15) is 0 Å². The van der Waals surface area contributed by atoms with Gasteiger partial charge in [0.25, 0.3) is 0 Å². The van der Waals surface area contributed by atoms with Crippen LogP contribution < -0.4 is 0 Å². The first-order chi connectivity index (χ1) is 37.2. The highest BCUT2D eigenvalue weighted by Gasteiger charge is 2.21. The van der Waals surface area contributed by atoms with Crippen LogP contribution in [0.25, 0.3) is 139 Å². The van der Waals surface area contributed by atoms with Crippen molar-refractivity contribution in [1.29, 1.82) is 0 Å². The molecule has 0 saturated heterocycles. The van der Waals surface area contributed by atoms with Gasteiger partial charge in [0, 0.05) is 65.9 Å². The van der Waals surface area contributed by atoms with Gasteiger partial charge >= 0.3 is 0 Å². The van der Waals surface area contributed by atoms with Gasteiger partial charge in [-0.2, -0.15) is 0 Å². The third-order valence-corrected chi connectivity index (χ3v) is 14.9. The second-order valence-electron chi connectivity index (χ2n) is 19.2. The zero-order valence-corrected chi connectivity index (χ0v) is 40.6. The minimum absolute atomic E-state index is 0.627. The molecular formula is C69H44N6. The van der Waals surface area contributed by atoms with Gasteiger partial charge in [-0.1, -0.05) is 194 Å². The molecule has 350 valence electrons. The molecule has 0 aliphatic rings. The summed E-state index contributed by atoms with van der Waals surface area (Å²) in [5.41, 5.74) is 17.6. The van der Waals surface area contributed by atoms with Crippen molar-refractivity contribution in [2.24, 2.45) is 0 Å². The van der Waals surface area contributed by atoms with E-state index in [9.17, 15) is 0 Å². The molecule has 0 aliphatic heterocycles. The van der Waals surface area contributed by atoms with Crippen LogP contribution in [0, 0.1) is 0 Å². The molecule has 0 spiro atoms. The summed E-state index contributed by atoms with van der Waals surface area (Å²) in [6, 6.07) is 95.6. The number of aromatic nitrogens is 6. The Kier molecular flexibility index (Phi) is 9.78. The Morgan fingerprint density at radius 1 is 0.213 bits per heavy atom. The molecule has 4 aromatic heterocycles. The molecule has 0 unspecified atom stereocenters. The molecule has 0 saturated carbocycles. The average molecular weight is 957 g/mol. The quantitative estimate of drug-likeness (QED) is 0.152. The molecule has 0 bridgehead atoms. The van der Waals surface area contributed by atoms with Crippen LogP contribution in [-0.2, 0) is 0 Å². The fourth-order valence-electron chi connectivity index (χ4n) is 11.4. The fraction of sp³-hybridized carbons (Fsp3) is 0. The molecule has 0 N–H and O–H groups in total. The Hall–Kier alpha value is -10.2. The van der Waals surface area contributed by atoms with Gasteiger partial charge in [-0.15, -0.1) is 0 Å². The molecule has 15 aromatic rings. The largest absolute Gasteiger partial charge is 0.309 e. The summed E-state index contributed by atoms with van der Waals surface area (Å²) in [7, 11) is 0. The summed E-state index contributed by atoms with van der Waals surface area (Å²) >= 11 is 0. The molecule has 15 rings (SSSR count). The van der Waals surface area contributed by atoms with Crippen molar-refractivity contribution in [1.82, 2.24) is 28.7 Å². The Morgan fingerprint density at radius 2 is 0.613 bits per heavy atom. The van der Waals surface area contributed by atoms with Crippen molar-refractivity contribution in [3.05, 3.63) is 267 Å². The Bertz CT molecular complexity index is 4570. The molecule has 0 fully saturated rings. The van der Waals surface area contributed by atoms with Crippen molar-refractivity contribution in [3.8, 4) is 73.5 Å². The monoisotopic (exact) mass is 956 g/mol. The van der Waals surface area contributed by atoms with Gasteiger partial charge in [0.2, 0.25) is 0 Å². The number of fused-ring (bicyclic) bond motifs is 9. The van der Waals surface area contributed by atoms with Crippen molar-refractivity contribution >= 4 is 65.4 Å². The van der Waals surface area contributed by atoms with Crippen LogP contribution >= 0.6 is 0 Å². The fourth-order valence-corrected chi connectivity index (χ4v) is 11.4. The number of rotatable bonds is 8. The van der Waals surface area contributed by atoms with Gasteiger partial charge in [0.05, 0.1) is 38.8 Å². The first-order valence-corrected chi connectivity index (χ1v) is 25.4. The summed E-state index contributed by atoms with van der Waals surface area (Å²) in [6.07, 6.45) is 0. The van der Waals surface area contributed by atoms with Crippen LogP contribution in [0.4, 0.5) is 0 Å². The SMILES string of the molecule is c1ccc(-c2nc(-c3ccccc3)nc(-c3ccc(-c4ccc(-n5c6ccccc6c6ccccc65)c(-c5ccc6c(c5)c5ccccc5n6-c5ccc6c7ccccc7n(-c7ccccc7)c6c5)c4)cc3)n2)cc1. The lowest BCUT2D eigenvalue weighted by Gasteiger charge is -2.17. The molecule has 75 heavy (non-hydrogen) atoms. The molecule has 4 heterocycles. The highest BCUT2D eigenvalue weighted by atomic mass is 15.0. The normalized spacial score (nSPS) is 11.7. The van der Waals surface area contributed by atoms with Gasteiger partial charge in [-0.25, -0.2) is 15.0 Å². The predicted molar refractivity (Wildman–Crippen MR) is 310 cm³/mol. The van der Waals surface area contributed by atoms with Crippen molar-refractivity contribution in [2.45, 2.75) is 0 Å². The first kappa shape index (κ1) is 42.5. The second-order valence-corrected chi connectivity index (χ2v) is 19.2. The van der Waals surface area contributed by atoms with Crippen LogP contribution in [0.3, 0.4) is 0 Å². The molecule has 6 heteroatoms. The van der Waals surface area contributed by atoms with E-state index in [0.717, 1.165) is 67.0 Å². The van der Waals surface area contributed by atoms with E-state index in [4.69, 9.17) is 15.0 Å². The number of hydrogen-bond donors (Lipinski definition) is 0. The standard InChI is InChI=1S/C69H44N6/c1-4-18-46(19-5-1)67-70-68(47-20-6-2-7-21-47)72-69(71-67)48-34-32-45(33-35-48)49-36-40-64(75-62-30-16-11-24-53(62)54-25-12-17-31-63(54)75)58(42-49)50-37-41-65-59(43-50)56-27-13-15-29-61(56)74(65)52-38-39-57-55-26-10-14-28-60(55)73(66(57)44-52)51-22-8-3-9-23-51/h1-44H. The molecule has 11 aromatic carbocycles. The summed E-state index contributed by atoms with van der Waals surface area (Å²) in [4.78, 5) is 15.0. The van der Waals surface area contributed by atoms with Gasteiger partial charge in [0.1, 0.15) is 0 Å². The number of para-hydroxylation sites is 5. The third kappa shape index (κ3) is 6.99. The smallest absolute Gasteiger partial charge is 0.164 e. The minimum atomic E-state index is 0.627. The summed E-state index contributed by atoms with van der Waals surface area (Å²) in [5.74, 6) is 1.91. The number of nitrogens with zero attached hydrogens (tertiary/aromatic N) is 6. The topological polar surface area (TPSA) is 53.5 Å². The van der Waals surface area contributed by atoms with E-state index in [1.807, 2.05) is 60.7 Å². The minimum Gasteiger partial charge on any atom is -0.309 e. The van der Waals surface area contributed by atoms with Crippen LogP contribution in [-0.4, -0.2) is 28.7 Å². The van der Waals surface area contributed by atoms with E-state index in [0.29, 0.717) is 17.5 Å². The zero-order chi connectivity index (χ0) is 49.4. The van der Waals surface area contributed by atoms with E-state index >= 15 is 0 Å². The lowest BCUT2D eigenvalue weighted by Crippen LogP contribution is -2.00. The second kappa shape index (κ2) is 17.3. The lowest BCUT2D eigenvalue weighted by atomic mass is 9.95. The Labute approximate surface area is 432 Å². The summed E-state index contributed by atoms with van der Waals surface area (Å²) < 4.78 is 7.27. The molecule has 0 aliphatic carbocycles. The molecule has 0 radical (unpaired) electrons. The predicted octanol–water partition coefficient (Wildman–Crippen LogP) is 17.5. The van der Waals surface area contributed by atoms with Crippen LogP contribution in [0.15, 0.2) is 267 Å². The van der Waals surface area contributed by atoms with Crippen molar-refractivity contribution < 1.29 is 0 Å². The number of hydrogen-bond acceptors (Lipinski definition) is 3. The highest BCUT2D eigenvalue weighted by Crippen LogP contribution is 2.42. The highest BCUT2D eigenvalue weighted by molar-refractivity contribution is 6.14. The van der Waals surface area contributed by atoms with Crippen molar-refractivity contribution in [3.63, 3.8) is 0 Å². The average Bonchev–Trinajstić information content (AvgIpc) is 4.13.